The third kappa shape index (κ3) is 8.84. The van der Waals surface area contributed by atoms with E-state index in [2.05, 4.69) is 27.7 Å². The number of hydrogen-bond donors (Lipinski definition) is 0. The number of likely N-dealkylation sites (tertiary alicyclic amines) is 3. The first-order chi connectivity index (χ1) is 19.4. The molecule has 2 aromatic carbocycles. The van der Waals surface area contributed by atoms with Crippen molar-refractivity contribution < 1.29 is 9.53 Å². The van der Waals surface area contributed by atoms with Gasteiger partial charge in [0.2, 0.25) is 5.91 Å². The van der Waals surface area contributed by atoms with E-state index < -0.39 is 0 Å². The number of hydrogen-bond acceptors (Lipinski definition) is 4. The van der Waals surface area contributed by atoms with Gasteiger partial charge in [-0.05, 0) is 119 Å². The zero-order valence-corrected chi connectivity index (χ0v) is 28.3. The SMILES string of the molecule is CC[C@H](COc1cc(Cl)ccc1C1CCN(C(=O)[C@@H](Cc2ccc(Cl)cc2Cl)N2CCCC2)CC1)N1CCCC1.Cl.Cl. The fourth-order valence-electron chi connectivity index (χ4n) is 6.69. The van der Waals surface area contributed by atoms with Crippen LogP contribution in [-0.2, 0) is 11.2 Å². The van der Waals surface area contributed by atoms with E-state index in [0.29, 0.717) is 40.1 Å². The van der Waals surface area contributed by atoms with Crippen molar-refractivity contribution in [3.8, 4) is 5.75 Å². The molecule has 3 fully saturated rings. The molecule has 0 unspecified atom stereocenters. The van der Waals surface area contributed by atoms with Crippen molar-refractivity contribution in [2.75, 3.05) is 45.9 Å². The van der Waals surface area contributed by atoms with Crippen molar-refractivity contribution in [1.29, 1.82) is 0 Å². The summed E-state index contributed by atoms with van der Waals surface area (Å²) in [4.78, 5) is 20.9. The standard InChI is InChI=1S/C32H42Cl3N3O2.2ClH/c1-2-27(36-13-3-4-14-36)22-40-31-21-26(34)9-10-28(31)23-11-17-38(18-12-23)32(39)30(37-15-5-6-16-37)19-24-7-8-25(33)20-29(24)35;;/h7-10,20-21,23,27,30H,2-6,11-19,22H2,1H3;2*1H/t27-,30-;;/m1../s1. The van der Waals surface area contributed by atoms with Crippen LogP contribution in [0.2, 0.25) is 15.1 Å². The molecule has 0 aromatic heterocycles. The monoisotopic (exact) mass is 677 g/mol. The largest absolute Gasteiger partial charge is 0.492 e. The number of nitrogens with zero attached hydrogens (tertiary/aromatic N) is 3. The summed E-state index contributed by atoms with van der Waals surface area (Å²) in [5.74, 6) is 1.47. The molecule has 0 saturated carbocycles. The highest BCUT2D eigenvalue weighted by Gasteiger charge is 2.34. The average Bonchev–Trinajstić information content (AvgIpc) is 3.68. The van der Waals surface area contributed by atoms with E-state index in [1.807, 2.05) is 24.3 Å². The van der Waals surface area contributed by atoms with Crippen LogP contribution >= 0.6 is 59.6 Å². The van der Waals surface area contributed by atoms with E-state index in [9.17, 15) is 4.79 Å². The summed E-state index contributed by atoms with van der Waals surface area (Å²) in [6, 6.07) is 11.9. The minimum Gasteiger partial charge on any atom is -0.492 e. The van der Waals surface area contributed by atoms with Gasteiger partial charge in [-0.15, -0.1) is 24.8 Å². The van der Waals surface area contributed by atoms with Crippen LogP contribution in [0.25, 0.3) is 0 Å². The summed E-state index contributed by atoms with van der Waals surface area (Å²) >= 11 is 19.1. The smallest absolute Gasteiger partial charge is 0.240 e. The third-order valence-electron chi connectivity index (χ3n) is 9.08. The van der Waals surface area contributed by atoms with E-state index in [4.69, 9.17) is 39.5 Å². The number of ether oxygens (including phenoxy) is 1. The molecule has 234 valence electrons. The fourth-order valence-corrected chi connectivity index (χ4v) is 7.34. The predicted octanol–water partition coefficient (Wildman–Crippen LogP) is 8.16. The molecule has 2 atom stereocenters. The van der Waals surface area contributed by atoms with Crippen molar-refractivity contribution in [2.24, 2.45) is 0 Å². The Morgan fingerprint density at radius 2 is 1.45 bits per heavy atom. The molecule has 3 aliphatic rings. The average molecular weight is 680 g/mol. The van der Waals surface area contributed by atoms with Crippen molar-refractivity contribution in [2.45, 2.75) is 76.3 Å². The van der Waals surface area contributed by atoms with Gasteiger partial charge in [0.25, 0.3) is 0 Å². The molecular formula is C32H44Cl5N3O2. The van der Waals surface area contributed by atoms with E-state index in [0.717, 1.165) is 69.6 Å². The highest BCUT2D eigenvalue weighted by Crippen LogP contribution is 2.37. The van der Waals surface area contributed by atoms with Crippen molar-refractivity contribution in [3.05, 3.63) is 62.6 Å². The number of piperidine rings is 1. The Labute approximate surface area is 279 Å². The molecule has 5 nitrogen and oxygen atoms in total. The van der Waals surface area contributed by atoms with Gasteiger partial charge in [0.05, 0.1) is 6.04 Å². The second kappa shape index (κ2) is 17.0. The molecule has 3 aliphatic heterocycles. The van der Waals surface area contributed by atoms with Crippen LogP contribution in [-0.4, -0.2) is 78.6 Å². The van der Waals surface area contributed by atoms with E-state index in [1.54, 1.807) is 6.07 Å². The number of carbonyl (C=O) groups excluding carboxylic acids is 1. The van der Waals surface area contributed by atoms with Crippen molar-refractivity contribution in [3.63, 3.8) is 0 Å². The lowest BCUT2D eigenvalue weighted by Gasteiger charge is -2.37. The molecule has 5 rings (SSSR count). The molecule has 3 heterocycles. The summed E-state index contributed by atoms with van der Waals surface area (Å²) < 4.78 is 6.47. The molecule has 2 aromatic rings. The molecule has 3 saturated heterocycles. The maximum absolute atomic E-state index is 13.9. The van der Waals surface area contributed by atoms with Crippen LogP contribution in [0.15, 0.2) is 36.4 Å². The quantitative estimate of drug-likeness (QED) is 0.254. The van der Waals surface area contributed by atoms with Gasteiger partial charge in [-0.25, -0.2) is 0 Å². The van der Waals surface area contributed by atoms with Gasteiger partial charge in [0.15, 0.2) is 0 Å². The van der Waals surface area contributed by atoms with Crippen LogP contribution < -0.4 is 4.74 Å². The number of carbonyl (C=O) groups is 1. The van der Waals surface area contributed by atoms with E-state index in [-0.39, 0.29) is 36.8 Å². The number of halogens is 5. The summed E-state index contributed by atoms with van der Waals surface area (Å²) in [5, 5.41) is 1.95. The van der Waals surface area contributed by atoms with Crippen LogP contribution in [0, 0.1) is 0 Å². The second-order valence-corrected chi connectivity index (χ2v) is 12.9. The first-order valence-corrected chi connectivity index (χ1v) is 16.2. The fraction of sp³-hybridized carbons (Fsp3) is 0.594. The van der Waals surface area contributed by atoms with Gasteiger partial charge in [0.1, 0.15) is 12.4 Å². The minimum absolute atomic E-state index is 0. The topological polar surface area (TPSA) is 36.0 Å². The van der Waals surface area contributed by atoms with Crippen molar-refractivity contribution in [1.82, 2.24) is 14.7 Å². The van der Waals surface area contributed by atoms with Crippen molar-refractivity contribution >= 4 is 65.5 Å². The Bertz CT molecular complexity index is 1150. The Morgan fingerprint density at radius 3 is 2.07 bits per heavy atom. The highest BCUT2D eigenvalue weighted by atomic mass is 35.5. The molecule has 0 radical (unpaired) electrons. The van der Waals surface area contributed by atoms with Gasteiger partial charge in [0, 0.05) is 34.2 Å². The molecule has 10 heteroatoms. The summed E-state index contributed by atoms with van der Waals surface area (Å²) in [5.41, 5.74) is 2.20. The maximum atomic E-state index is 13.9. The van der Waals surface area contributed by atoms with Gasteiger partial charge in [-0.3, -0.25) is 14.6 Å². The summed E-state index contributed by atoms with van der Waals surface area (Å²) in [6.45, 7) is 8.67. The van der Waals surface area contributed by atoms with Crippen LogP contribution in [0.1, 0.15) is 68.9 Å². The lowest BCUT2D eigenvalue weighted by atomic mass is 9.88. The Morgan fingerprint density at radius 1 is 0.857 bits per heavy atom. The van der Waals surface area contributed by atoms with E-state index >= 15 is 0 Å². The lowest BCUT2D eigenvalue weighted by Crippen LogP contribution is -2.51. The van der Waals surface area contributed by atoms with Gasteiger partial charge in [-0.2, -0.15) is 0 Å². The Hall–Kier alpha value is -0.920. The van der Waals surface area contributed by atoms with Gasteiger partial charge in [-0.1, -0.05) is 53.9 Å². The maximum Gasteiger partial charge on any atom is 0.240 e. The second-order valence-electron chi connectivity index (χ2n) is 11.6. The normalized spacial score (nSPS) is 19.7. The first kappa shape index (κ1) is 35.6. The first-order valence-electron chi connectivity index (χ1n) is 15.1. The third-order valence-corrected chi connectivity index (χ3v) is 9.90. The predicted molar refractivity (Wildman–Crippen MR) is 180 cm³/mol. The van der Waals surface area contributed by atoms with Gasteiger partial charge < -0.3 is 9.64 Å². The molecule has 0 spiro atoms. The lowest BCUT2D eigenvalue weighted by molar-refractivity contribution is -0.137. The summed E-state index contributed by atoms with van der Waals surface area (Å²) in [7, 11) is 0. The number of benzene rings is 2. The zero-order chi connectivity index (χ0) is 28.1. The molecular weight excluding hydrogens is 636 g/mol. The van der Waals surface area contributed by atoms with Gasteiger partial charge >= 0.3 is 0 Å². The molecule has 0 N–H and O–H groups in total. The molecule has 0 aliphatic carbocycles. The van der Waals surface area contributed by atoms with E-state index in [1.165, 1.54) is 31.5 Å². The van der Waals surface area contributed by atoms with Crippen LogP contribution in [0.4, 0.5) is 0 Å². The van der Waals surface area contributed by atoms with Crippen LogP contribution in [0.3, 0.4) is 0 Å². The molecule has 1 amide bonds. The Balaban J connectivity index is 0.00000242. The zero-order valence-electron chi connectivity index (χ0n) is 24.4. The Kier molecular flexibility index (Phi) is 14.4. The molecule has 42 heavy (non-hydrogen) atoms. The minimum atomic E-state index is -0.191. The molecule has 0 bridgehead atoms. The summed E-state index contributed by atoms with van der Waals surface area (Å²) in [6.07, 6.45) is 8.36. The number of amides is 1. The highest BCUT2D eigenvalue weighted by molar-refractivity contribution is 6.35. The van der Waals surface area contributed by atoms with Crippen LogP contribution in [0.5, 0.6) is 5.75 Å². The number of rotatable bonds is 10.